The fraction of sp³-hybridized carbons (Fsp3) is 0.538. The molecule has 90 valence electrons. The Morgan fingerprint density at radius 1 is 1.31 bits per heavy atom. The Hall–Kier alpha value is -0.930. The number of hydrogen-bond acceptors (Lipinski definition) is 2. The average Bonchev–Trinajstić information content (AvgIpc) is 2.23. The van der Waals surface area contributed by atoms with Crippen LogP contribution in [0, 0.1) is 18.7 Å². The van der Waals surface area contributed by atoms with Crippen molar-refractivity contribution in [3.05, 3.63) is 35.1 Å². The summed E-state index contributed by atoms with van der Waals surface area (Å²) < 4.78 is 13.1. The monoisotopic (exact) mass is 224 g/mol. The molecule has 3 heteroatoms. The number of nitrogens with two attached hydrogens (primary N) is 1. The van der Waals surface area contributed by atoms with Gasteiger partial charge in [0.15, 0.2) is 0 Å². The van der Waals surface area contributed by atoms with Gasteiger partial charge >= 0.3 is 0 Å². The zero-order chi connectivity index (χ0) is 12.1. The van der Waals surface area contributed by atoms with E-state index in [-0.39, 0.29) is 11.9 Å². The smallest absolute Gasteiger partial charge is 0.126 e. The summed E-state index contributed by atoms with van der Waals surface area (Å²) in [6.07, 6.45) is 2.07. The van der Waals surface area contributed by atoms with E-state index in [4.69, 9.17) is 5.84 Å². The molecule has 16 heavy (non-hydrogen) atoms. The second kappa shape index (κ2) is 5.97. The van der Waals surface area contributed by atoms with Crippen molar-refractivity contribution in [3.63, 3.8) is 0 Å². The van der Waals surface area contributed by atoms with Gasteiger partial charge in [0.2, 0.25) is 0 Å². The lowest BCUT2D eigenvalue weighted by Crippen LogP contribution is -2.28. The zero-order valence-electron chi connectivity index (χ0n) is 10.3. The minimum absolute atomic E-state index is 0.113. The van der Waals surface area contributed by atoms with E-state index >= 15 is 0 Å². The van der Waals surface area contributed by atoms with Crippen LogP contribution < -0.4 is 11.3 Å². The molecule has 0 saturated carbocycles. The summed E-state index contributed by atoms with van der Waals surface area (Å²) in [6.45, 7) is 6.14. The van der Waals surface area contributed by atoms with Gasteiger partial charge in [-0.2, -0.15) is 0 Å². The van der Waals surface area contributed by atoms with Gasteiger partial charge in [-0.05, 0) is 42.9 Å². The van der Waals surface area contributed by atoms with Crippen molar-refractivity contribution < 1.29 is 4.39 Å². The standard InChI is InChI=1S/C13H21FN2/c1-9(2)4-7-13(16-15)11-5-6-12(14)10(3)8-11/h5-6,8-9,13,16H,4,7,15H2,1-3H3. The number of hydrazine groups is 1. The molecule has 0 aromatic heterocycles. The van der Waals surface area contributed by atoms with Crippen LogP contribution >= 0.6 is 0 Å². The Balaban J connectivity index is 2.74. The third kappa shape index (κ3) is 3.58. The maximum Gasteiger partial charge on any atom is 0.126 e. The third-order valence-electron chi connectivity index (χ3n) is 2.82. The summed E-state index contributed by atoms with van der Waals surface area (Å²) in [7, 11) is 0. The summed E-state index contributed by atoms with van der Waals surface area (Å²) >= 11 is 0. The first-order chi connectivity index (χ1) is 7.54. The van der Waals surface area contributed by atoms with E-state index in [9.17, 15) is 4.39 Å². The number of benzene rings is 1. The SMILES string of the molecule is Cc1cc(C(CCC(C)C)NN)ccc1F. The lowest BCUT2D eigenvalue weighted by molar-refractivity contribution is 0.447. The van der Waals surface area contributed by atoms with Gasteiger partial charge in [0.05, 0.1) is 0 Å². The molecule has 0 fully saturated rings. The van der Waals surface area contributed by atoms with E-state index in [1.807, 2.05) is 6.07 Å². The Morgan fingerprint density at radius 3 is 2.50 bits per heavy atom. The summed E-state index contributed by atoms with van der Waals surface area (Å²) in [5, 5.41) is 0. The molecule has 1 atom stereocenters. The average molecular weight is 224 g/mol. The van der Waals surface area contributed by atoms with Crippen molar-refractivity contribution in [2.75, 3.05) is 0 Å². The van der Waals surface area contributed by atoms with Crippen molar-refractivity contribution in [2.45, 2.75) is 39.7 Å². The number of hydrogen-bond donors (Lipinski definition) is 2. The van der Waals surface area contributed by atoms with E-state index in [0.717, 1.165) is 18.4 Å². The Labute approximate surface area is 97.0 Å². The third-order valence-corrected chi connectivity index (χ3v) is 2.82. The number of aryl methyl sites for hydroxylation is 1. The van der Waals surface area contributed by atoms with Crippen molar-refractivity contribution >= 4 is 0 Å². The molecule has 0 saturated heterocycles. The summed E-state index contributed by atoms with van der Waals surface area (Å²) in [5.74, 6) is 6.02. The fourth-order valence-electron chi connectivity index (χ4n) is 1.73. The lowest BCUT2D eigenvalue weighted by Gasteiger charge is -2.18. The van der Waals surface area contributed by atoms with Crippen LogP contribution in [0.25, 0.3) is 0 Å². The first-order valence-electron chi connectivity index (χ1n) is 5.76. The number of nitrogens with one attached hydrogen (secondary N) is 1. The highest BCUT2D eigenvalue weighted by Gasteiger charge is 2.11. The summed E-state index contributed by atoms with van der Waals surface area (Å²) in [5.41, 5.74) is 4.52. The minimum atomic E-state index is -0.164. The molecule has 0 spiro atoms. The minimum Gasteiger partial charge on any atom is -0.271 e. The van der Waals surface area contributed by atoms with Crippen LogP contribution in [0.1, 0.15) is 43.9 Å². The Kier molecular flexibility index (Phi) is 4.90. The maximum absolute atomic E-state index is 13.1. The van der Waals surface area contributed by atoms with Crippen LogP contribution in [-0.2, 0) is 0 Å². The highest BCUT2D eigenvalue weighted by atomic mass is 19.1. The van der Waals surface area contributed by atoms with Crippen molar-refractivity contribution in [1.29, 1.82) is 0 Å². The Bertz CT molecular complexity index is 337. The first-order valence-corrected chi connectivity index (χ1v) is 5.76. The van der Waals surface area contributed by atoms with E-state index in [1.54, 1.807) is 13.0 Å². The van der Waals surface area contributed by atoms with Crippen LogP contribution in [-0.4, -0.2) is 0 Å². The lowest BCUT2D eigenvalue weighted by atomic mass is 9.97. The molecule has 1 aromatic rings. The topological polar surface area (TPSA) is 38.0 Å². The molecule has 3 N–H and O–H groups in total. The fourth-order valence-corrected chi connectivity index (χ4v) is 1.73. The van der Waals surface area contributed by atoms with Crippen molar-refractivity contribution in [3.8, 4) is 0 Å². The predicted molar refractivity (Wildman–Crippen MR) is 65.3 cm³/mol. The van der Waals surface area contributed by atoms with Gasteiger partial charge in [-0.15, -0.1) is 0 Å². The molecular formula is C13H21FN2. The van der Waals surface area contributed by atoms with Crippen LogP contribution in [0.3, 0.4) is 0 Å². The van der Waals surface area contributed by atoms with Crippen molar-refractivity contribution in [2.24, 2.45) is 11.8 Å². The quantitative estimate of drug-likeness (QED) is 0.596. The van der Waals surface area contributed by atoms with Gasteiger partial charge in [0.1, 0.15) is 5.82 Å². The Morgan fingerprint density at radius 2 is 2.00 bits per heavy atom. The molecule has 0 aliphatic carbocycles. The molecule has 1 unspecified atom stereocenters. The second-order valence-electron chi connectivity index (χ2n) is 4.70. The van der Waals surface area contributed by atoms with Crippen LogP contribution in [0.4, 0.5) is 4.39 Å². The first kappa shape index (κ1) is 13.1. The molecule has 0 aliphatic rings. The van der Waals surface area contributed by atoms with Gasteiger partial charge in [0, 0.05) is 6.04 Å². The van der Waals surface area contributed by atoms with E-state index in [0.29, 0.717) is 11.5 Å². The van der Waals surface area contributed by atoms with Gasteiger partial charge in [0.25, 0.3) is 0 Å². The number of halogens is 1. The van der Waals surface area contributed by atoms with Gasteiger partial charge in [-0.1, -0.05) is 26.0 Å². The molecule has 1 aromatic carbocycles. The van der Waals surface area contributed by atoms with E-state index in [1.165, 1.54) is 6.07 Å². The molecule has 0 aliphatic heterocycles. The van der Waals surface area contributed by atoms with E-state index in [2.05, 4.69) is 19.3 Å². The molecule has 0 heterocycles. The zero-order valence-corrected chi connectivity index (χ0v) is 10.3. The molecule has 0 amide bonds. The largest absolute Gasteiger partial charge is 0.271 e. The van der Waals surface area contributed by atoms with Crippen LogP contribution in [0.15, 0.2) is 18.2 Å². The van der Waals surface area contributed by atoms with Crippen molar-refractivity contribution in [1.82, 2.24) is 5.43 Å². The molecule has 2 nitrogen and oxygen atoms in total. The summed E-state index contributed by atoms with van der Waals surface area (Å²) in [6, 6.07) is 5.28. The predicted octanol–water partition coefficient (Wildman–Crippen LogP) is 3.07. The van der Waals surface area contributed by atoms with Gasteiger partial charge in [-0.25, -0.2) is 4.39 Å². The second-order valence-corrected chi connectivity index (χ2v) is 4.70. The molecule has 0 radical (unpaired) electrons. The van der Waals surface area contributed by atoms with Crippen LogP contribution in [0.5, 0.6) is 0 Å². The highest BCUT2D eigenvalue weighted by Crippen LogP contribution is 2.22. The van der Waals surface area contributed by atoms with Crippen LogP contribution in [0.2, 0.25) is 0 Å². The van der Waals surface area contributed by atoms with Gasteiger partial charge in [-0.3, -0.25) is 11.3 Å². The maximum atomic E-state index is 13.1. The molecular weight excluding hydrogens is 203 g/mol. The number of rotatable bonds is 5. The summed E-state index contributed by atoms with van der Waals surface area (Å²) in [4.78, 5) is 0. The highest BCUT2D eigenvalue weighted by molar-refractivity contribution is 5.26. The molecule has 1 rings (SSSR count). The normalized spacial score (nSPS) is 13.1. The van der Waals surface area contributed by atoms with E-state index < -0.39 is 0 Å². The molecule has 0 bridgehead atoms. The van der Waals surface area contributed by atoms with Gasteiger partial charge < -0.3 is 0 Å².